The first-order chi connectivity index (χ1) is 11.8. The third kappa shape index (κ3) is 5.71. The largest absolute Gasteiger partial charge is 0.466 e. The number of alkyl halides is 3. The molecule has 1 heterocycles. The predicted octanol–water partition coefficient (Wildman–Crippen LogP) is 4.37. The Labute approximate surface area is 150 Å². The number of hydrazone groups is 1. The second kappa shape index (κ2) is 8.30. The summed E-state index contributed by atoms with van der Waals surface area (Å²) in [6.07, 6.45) is -3.12. The third-order valence-electron chi connectivity index (χ3n) is 2.85. The molecule has 25 heavy (non-hydrogen) atoms. The summed E-state index contributed by atoms with van der Waals surface area (Å²) in [7, 11) is 0. The summed E-state index contributed by atoms with van der Waals surface area (Å²) < 4.78 is 42.7. The highest BCUT2D eigenvalue weighted by molar-refractivity contribution is 7.13. The first kappa shape index (κ1) is 19.2. The van der Waals surface area contributed by atoms with E-state index in [2.05, 4.69) is 15.5 Å². The van der Waals surface area contributed by atoms with Gasteiger partial charge in [-0.3, -0.25) is 10.2 Å². The van der Waals surface area contributed by atoms with Crippen LogP contribution in [0.3, 0.4) is 0 Å². The molecule has 5 nitrogen and oxygen atoms in total. The summed E-state index contributed by atoms with van der Waals surface area (Å²) in [6.45, 7) is 2.02. The van der Waals surface area contributed by atoms with Crippen LogP contribution in [0.5, 0.6) is 0 Å². The first-order valence-electron chi connectivity index (χ1n) is 7.05. The number of carbonyl (C=O) groups is 1. The molecule has 0 unspecified atom stereocenters. The number of anilines is 1. The zero-order valence-electron chi connectivity index (χ0n) is 12.9. The number of nitrogens with zero attached hydrogens (tertiary/aromatic N) is 2. The molecule has 10 heteroatoms. The fourth-order valence-electron chi connectivity index (χ4n) is 1.80. The van der Waals surface area contributed by atoms with E-state index in [1.54, 1.807) is 12.3 Å². The van der Waals surface area contributed by atoms with E-state index in [0.717, 1.165) is 6.07 Å². The number of thiazole rings is 1. The number of hydrogen-bond donors (Lipinski definition) is 1. The van der Waals surface area contributed by atoms with E-state index in [9.17, 15) is 18.0 Å². The summed E-state index contributed by atoms with van der Waals surface area (Å²) in [5, 5.41) is 5.61. The first-order valence-corrected chi connectivity index (χ1v) is 8.31. The van der Waals surface area contributed by atoms with Gasteiger partial charge in [-0.05, 0) is 24.6 Å². The lowest BCUT2D eigenvalue weighted by Crippen LogP contribution is -2.07. The Morgan fingerprint density at radius 1 is 1.48 bits per heavy atom. The van der Waals surface area contributed by atoms with Crippen molar-refractivity contribution in [1.29, 1.82) is 0 Å². The Kier molecular flexibility index (Phi) is 6.38. The quantitative estimate of drug-likeness (QED) is 0.451. The number of halogens is 4. The van der Waals surface area contributed by atoms with Crippen LogP contribution in [0.15, 0.2) is 28.7 Å². The number of hydrogen-bond acceptors (Lipinski definition) is 6. The van der Waals surface area contributed by atoms with E-state index in [0.29, 0.717) is 23.0 Å². The van der Waals surface area contributed by atoms with Gasteiger partial charge in [0.15, 0.2) is 0 Å². The van der Waals surface area contributed by atoms with Crippen LogP contribution in [0.4, 0.5) is 18.3 Å². The van der Waals surface area contributed by atoms with Crippen LogP contribution in [0.2, 0.25) is 5.02 Å². The van der Waals surface area contributed by atoms with Crippen molar-refractivity contribution < 1.29 is 22.7 Å². The Morgan fingerprint density at radius 3 is 2.88 bits per heavy atom. The summed E-state index contributed by atoms with van der Waals surface area (Å²) in [4.78, 5) is 15.5. The zero-order chi connectivity index (χ0) is 18.4. The normalized spacial score (nSPS) is 11.7. The predicted molar refractivity (Wildman–Crippen MR) is 90.1 cm³/mol. The standard InChI is InChI=1S/C15H13ClF3N3O2S/c1-2-24-13(23)6-10-8-25-14(21-10)22-20-7-9-3-4-11(12(16)5-9)15(17,18)19/h3-5,7-8H,2,6H2,1H3,(H,21,22). The van der Waals surface area contributed by atoms with E-state index < -0.39 is 16.8 Å². The Balaban J connectivity index is 1.96. The zero-order valence-corrected chi connectivity index (χ0v) is 14.5. The molecule has 0 fully saturated rings. The highest BCUT2D eigenvalue weighted by Gasteiger charge is 2.32. The fraction of sp³-hybridized carbons (Fsp3) is 0.267. The average molecular weight is 392 g/mol. The fourth-order valence-corrected chi connectivity index (χ4v) is 2.76. The number of benzene rings is 1. The molecule has 0 aliphatic heterocycles. The van der Waals surface area contributed by atoms with Gasteiger partial charge in [-0.1, -0.05) is 17.7 Å². The average Bonchev–Trinajstić information content (AvgIpc) is 2.93. The van der Waals surface area contributed by atoms with Crippen LogP contribution in [0.1, 0.15) is 23.7 Å². The lowest BCUT2D eigenvalue weighted by Gasteiger charge is -2.08. The van der Waals surface area contributed by atoms with Gasteiger partial charge in [-0.15, -0.1) is 11.3 Å². The van der Waals surface area contributed by atoms with Crippen molar-refractivity contribution in [2.75, 3.05) is 12.0 Å². The van der Waals surface area contributed by atoms with E-state index in [1.807, 2.05) is 0 Å². The van der Waals surface area contributed by atoms with Crippen LogP contribution in [-0.2, 0) is 22.1 Å². The topological polar surface area (TPSA) is 63.6 Å². The van der Waals surface area contributed by atoms with Crippen LogP contribution >= 0.6 is 22.9 Å². The molecule has 0 aliphatic carbocycles. The molecule has 134 valence electrons. The van der Waals surface area contributed by atoms with Gasteiger partial charge >= 0.3 is 12.1 Å². The van der Waals surface area contributed by atoms with E-state index in [1.165, 1.54) is 29.7 Å². The van der Waals surface area contributed by atoms with Gasteiger partial charge < -0.3 is 4.74 Å². The van der Waals surface area contributed by atoms with Crippen molar-refractivity contribution in [3.05, 3.63) is 45.4 Å². The van der Waals surface area contributed by atoms with Crippen molar-refractivity contribution in [2.45, 2.75) is 19.5 Å². The molecule has 0 atom stereocenters. The van der Waals surface area contributed by atoms with E-state index in [4.69, 9.17) is 16.3 Å². The molecule has 0 amide bonds. The SMILES string of the molecule is CCOC(=O)Cc1csc(NN=Cc2ccc(C(F)(F)F)c(Cl)c2)n1. The number of nitrogens with one attached hydrogen (secondary N) is 1. The molecule has 0 aliphatic rings. The van der Waals surface area contributed by atoms with Gasteiger partial charge in [0.1, 0.15) is 0 Å². The molecule has 0 bridgehead atoms. The molecule has 1 aromatic heterocycles. The van der Waals surface area contributed by atoms with Gasteiger partial charge in [0, 0.05) is 5.38 Å². The second-order valence-electron chi connectivity index (χ2n) is 4.73. The van der Waals surface area contributed by atoms with Gasteiger partial charge in [-0.2, -0.15) is 18.3 Å². The highest BCUT2D eigenvalue weighted by atomic mass is 35.5. The third-order valence-corrected chi connectivity index (χ3v) is 3.96. The molecule has 0 saturated heterocycles. The smallest absolute Gasteiger partial charge is 0.417 e. The molecule has 0 radical (unpaired) electrons. The number of carbonyl (C=O) groups excluding carboxylic acids is 1. The Morgan fingerprint density at radius 2 is 2.24 bits per heavy atom. The number of esters is 1. The lowest BCUT2D eigenvalue weighted by atomic mass is 10.1. The van der Waals surface area contributed by atoms with E-state index >= 15 is 0 Å². The van der Waals surface area contributed by atoms with Crippen molar-refractivity contribution in [2.24, 2.45) is 5.10 Å². The van der Waals surface area contributed by atoms with Crippen molar-refractivity contribution >= 4 is 40.3 Å². The Bertz CT molecular complexity index is 778. The summed E-state index contributed by atoms with van der Waals surface area (Å²) in [6, 6.07) is 3.32. The van der Waals surface area contributed by atoms with Gasteiger partial charge in [0.05, 0.1) is 35.5 Å². The maximum absolute atomic E-state index is 12.6. The number of ether oxygens (including phenoxy) is 1. The van der Waals surface area contributed by atoms with Crippen LogP contribution < -0.4 is 5.43 Å². The summed E-state index contributed by atoms with van der Waals surface area (Å²) >= 11 is 6.87. The Hall–Kier alpha value is -2.13. The minimum Gasteiger partial charge on any atom is -0.466 e. The molecule has 2 aromatic rings. The van der Waals surface area contributed by atoms with Crippen LogP contribution in [-0.4, -0.2) is 23.8 Å². The van der Waals surface area contributed by atoms with Crippen LogP contribution in [0.25, 0.3) is 0 Å². The molecule has 0 spiro atoms. The van der Waals surface area contributed by atoms with Crippen LogP contribution in [0, 0.1) is 0 Å². The molecule has 1 aromatic carbocycles. The molecule has 0 saturated carbocycles. The monoisotopic (exact) mass is 391 g/mol. The molecule has 2 rings (SSSR count). The maximum Gasteiger partial charge on any atom is 0.417 e. The minimum atomic E-state index is -4.50. The lowest BCUT2D eigenvalue weighted by molar-refractivity contribution is -0.142. The van der Waals surface area contributed by atoms with Crippen molar-refractivity contribution in [3.63, 3.8) is 0 Å². The second-order valence-corrected chi connectivity index (χ2v) is 6.00. The molecule has 1 N–H and O–H groups in total. The molecular formula is C15H13ClF3N3O2S. The highest BCUT2D eigenvalue weighted by Crippen LogP contribution is 2.34. The number of rotatable bonds is 6. The minimum absolute atomic E-state index is 0.0598. The summed E-state index contributed by atoms with van der Waals surface area (Å²) in [5.74, 6) is -0.373. The van der Waals surface area contributed by atoms with Crippen molar-refractivity contribution in [1.82, 2.24) is 4.98 Å². The maximum atomic E-state index is 12.6. The number of aromatic nitrogens is 1. The van der Waals surface area contributed by atoms with Crippen molar-refractivity contribution in [3.8, 4) is 0 Å². The van der Waals surface area contributed by atoms with Gasteiger partial charge in [0.2, 0.25) is 5.13 Å². The van der Waals surface area contributed by atoms with Gasteiger partial charge in [0.25, 0.3) is 0 Å². The molecular weight excluding hydrogens is 379 g/mol. The summed E-state index contributed by atoms with van der Waals surface area (Å²) in [5.41, 5.74) is 2.68. The van der Waals surface area contributed by atoms with Gasteiger partial charge in [-0.25, -0.2) is 4.98 Å². The van der Waals surface area contributed by atoms with E-state index in [-0.39, 0.29) is 12.4 Å².